The summed E-state index contributed by atoms with van der Waals surface area (Å²) in [6, 6.07) is 8.67. The van der Waals surface area contributed by atoms with Crippen molar-refractivity contribution in [3.63, 3.8) is 0 Å². The second-order valence-electron chi connectivity index (χ2n) is 5.61. The van der Waals surface area contributed by atoms with Crippen LogP contribution in [0, 0.1) is 5.92 Å². The molecule has 0 radical (unpaired) electrons. The van der Waals surface area contributed by atoms with Gasteiger partial charge in [-0.15, -0.1) is 0 Å². The van der Waals surface area contributed by atoms with E-state index in [-0.39, 0.29) is 18.0 Å². The highest BCUT2D eigenvalue weighted by Gasteiger charge is 2.18. The lowest BCUT2D eigenvalue weighted by atomic mass is 10.0. The van der Waals surface area contributed by atoms with E-state index in [2.05, 4.69) is 10.3 Å². The number of fused-ring (bicyclic) bond motifs is 1. The SMILES string of the molecule is CC(C)C[C@@H](NCc1cc2ccccc2[nH]c1=O)C(=O)O. The highest BCUT2D eigenvalue weighted by Crippen LogP contribution is 2.11. The summed E-state index contributed by atoms with van der Waals surface area (Å²) in [6.45, 7) is 4.19. The topological polar surface area (TPSA) is 82.2 Å². The van der Waals surface area contributed by atoms with E-state index in [9.17, 15) is 14.7 Å². The van der Waals surface area contributed by atoms with Gasteiger partial charge in [0.25, 0.3) is 5.56 Å². The Morgan fingerprint density at radius 2 is 2.05 bits per heavy atom. The predicted octanol–water partition coefficient (Wildman–Crippen LogP) is 2.12. The molecule has 0 fully saturated rings. The monoisotopic (exact) mass is 288 g/mol. The lowest BCUT2D eigenvalue weighted by Crippen LogP contribution is -2.38. The molecule has 0 spiro atoms. The zero-order chi connectivity index (χ0) is 15.4. The number of aromatic amines is 1. The van der Waals surface area contributed by atoms with Crippen LogP contribution in [-0.2, 0) is 11.3 Å². The third-order valence-corrected chi connectivity index (χ3v) is 3.37. The van der Waals surface area contributed by atoms with Crippen molar-refractivity contribution in [2.45, 2.75) is 32.9 Å². The summed E-state index contributed by atoms with van der Waals surface area (Å²) < 4.78 is 0. The molecule has 2 aromatic rings. The van der Waals surface area contributed by atoms with E-state index in [1.807, 2.05) is 38.1 Å². The number of carboxylic acids is 1. The number of para-hydroxylation sites is 1. The third-order valence-electron chi connectivity index (χ3n) is 3.37. The van der Waals surface area contributed by atoms with Crippen molar-refractivity contribution in [2.24, 2.45) is 5.92 Å². The molecule has 0 saturated carbocycles. The molecule has 2 rings (SSSR count). The first kappa shape index (κ1) is 15.3. The maximum Gasteiger partial charge on any atom is 0.320 e. The van der Waals surface area contributed by atoms with Crippen molar-refractivity contribution in [3.05, 3.63) is 46.2 Å². The van der Waals surface area contributed by atoms with E-state index < -0.39 is 12.0 Å². The van der Waals surface area contributed by atoms with Crippen molar-refractivity contribution in [2.75, 3.05) is 0 Å². The van der Waals surface area contributed by atoms with Crippen LogP contribution >= 0.6 is 0 Å². The number of hydrogen-bond donors (Lipinski definition) is 3. The van der Waals surface area contributed by atoms with Gasteiger partial charge in [-0.1, -0.05) is 32.0 Å². The Labute approximate surface area is 123 Å². The molecule has 0 aliphatic carbocycles. The van der Waals surface area contributed by atoms with Gasteiger partial charge >= 0.3 is 5.97 Å². The van der Waals surface area contributed by atoms with E-state index in [0.717, 1.165) is 10.9 Å². The maximum absolute atomic E-state index is 12.0. The van der Waals surface area contributed by atoms with Crippen molar-refractivity contribution in [3.8, 4) is 0 Å². The number of benzene rings is 1. The van der Waals surface area contributed by atoms with Crippen LogP contribution in [0.4, 0.5) is 0 Å². The van der Waals surface area contributed by atoms with Crippen LogP contribution < -0.4 is 10.9 Å². The summed E-state index contributed by atoms with van der Waals surface area (Å²) >= 11 is 0. The second-order valence-corrected chi connectivity index (χ2v) is 5.61. The number of hydrogen-bond acceptors (Lipinski definition) is 3. The highest BCUT2D eigenvalue weighted by molar-refractivity contribution is 5.78. The first-order chi connectivity index (χ1) is 9.97. The van der Waals surface area contributed by atoms with Gasteiger partial charge in [-0.2, -0.15) is 0 Å². The molecule has 1 aromatic carbocycles. The molecule has 1 aromatic heterocycles. The van der Waals surface area contributed by atoms with Gasteiger partial charge in [0.2, 0.25) is 0 Å². The number of nitrogens with one attached hydrogen (secondary N) is 2. The minimum atomic E-state index is -0.888. The number of pyridine rings is 1. The van der Waals surface area contributed by atoms with Crippen molar-refractivity contribution >= 4 is 16.9 Å². The fourth-order valence-electron chi connectivity index (χ4n) is 2.30. The third kappa shape index (κ3) is 3.92. The molecule has 0 saturated heterocycles. The lowest BCUT2D eigenvalue weighted by molar-refractivity contribution is -0.140. The fourth-order valence-corrected chi connectivity index (χ4v) is 2.30. The summed E-state index contributed by atoms with van der Waals surface area (Å²) in [5.74, 6) is -0.616. The first-order valence-corrected chi connectivity index (χ1v) is 7.04. The number of aromatic nitrogens is 1. The zero-order valence-electron chi connectivity index (χ0n) is 12.2. The van der Waals surface area contributed by atoms with Crippen molar-refractivity contribution in [1.82, 2.24) is 10.3 Å². The molecule has 3 N–H and O–H groups in total. The quantitative estimate of drug-likeness (QED) is 0.760. The molecular formula is C16H20N2O3. The summed E-state index contributed by atoms with van der Waals surface area (Å²) in [4.78, 5) is 26.0. The van der Waals surface area contributed by atoms with Gasteiger partial charge in [-0.25, -0.2) is 0 Å². The number of aliphatic carboxylic acids is 1. The number of carbonyl (C=O) groups is 1. The van der Waals surface area contributed by atoms with E-state index >= 15 is 0 Å². The summed E-state index contributed by atoms with van der Waals surface area (Å²) in [6.07, 6.45) is 0.529. The smallest absolute Gasteiger partial charge is 0.320 e. The van der Waals surface area contributed by atoms with E-state index in [1.165, 1.54) is 0 Å². The van der Waals surface area contributed by atoms with Gasteiger partial charge in [0.05, 0.1) is 0 Å². The number of H-pyrrole nitrogens is 1. The largest absolute Gasteiger partial charge is 0.480 e. The Hall–Kier alpha value is -2.14. The standard InChI is InChI=1S/C16H20N2O3/c1-10(2)7-14(16(20)21)17-9-12-8-11-5-3-4-6-13(11)18-15(12)19/h3-6,8,10,14,17H,7,9H2,1-2H3,(H,18,19)(H,20,21)/t14-/m1/s1. The Morgan fingerprint density at radius 1 is 1.33 bits per heavy atom. The minimum absolute atomic E-state index is 0.185. The molecule has 5 nitrogen and oxygen atoms in total. The predicted molar refractivity (Wildman–Crippen MR) is 82.3 cm³/mol. The Kier molecular flexibility index (Phi) is 4.75. The molecule has 0 unspecified atom stereocenters. The molecule has 21 heavy (non-hydrogen) atoms. The number of rotatable bonds is 6. The van der Waals surface area contributed by atoms with E-state index in [0.29, 0.717) is 12.0 Å². The average molecular weight is 288 g/mol. The van der Waals surface area contributed by atoms with Crippen LogP contribution in [0.3, 0.4) is 0 Å². The molecule has 1 heterocycles. The minimum Gasteiger partial charge on any atom is -0.480 e. The first-order valence-electron chi connectivity index (χ1n) is 7.04. The van der Waals surface area contributed by atoms with Crippen LogP contribution in [0.5, 0.6) is 0 Å². The zero-order valence-corrected chi connectivity index (χ0v) is 12.2. The van der Waals surface area contributed by atoms with Gasteiger partial charge in [0, 0.05) is 17.6 Å². The summed E-state index contributed by atoms with van der Waals surface area (Å²) in [5.41, 5.74) is 1.14. The Bertz CT molecular complexity index is 691. The van der Waals surface area contributed by atoms with Crippen LogP contribution in [0.2, 0.25) is 0 Å². The van der Waals surface area contributed by atoms with Gasteiger partial charge in [0.1, 0.15) is 6.04 Å². The molecular weight excluding hydrogens is 268 g/mol. The molecule has 0 aliphatic rings. The van der Waals surface area contributed by atoms with Crippen LogP contribution in [0.1, 0.15) is 25.8 Å². The van der Waals surface area contributed by atoms with E-state index in [4.69, 9.17) is 0 Å². The van der Waals surface area contributed by atoms with Gasteiger partial charge in [0.15, 0.2) is 0 Å². The number of carboxylic acid groups (broad SMARTS) is 1. The second kappa shape index (κ2) is 6.54. The van der Waals surface area contributed by atoms with Gasteiger partial charge < -0.3 is 15.4 Å². The fraction of sp³-hybridized carbons (Fsp3) is 0.375. The molecule has 5 heteroatoms. The van der Waals surface area contributed by atoms with Crippen LogP contribution in [0.15, 0.2) is 35.1 Å². The Morgan fingerprint density at radius 3 is 2.71 bits per heavy atom. The summed E-state index contributed by atoms with van der Waals surface area (Å²) in [5, 5.41) is 13.1. The normalized spacial score (nSPS) is 12.7. The van der Waals surface area contributed by atoms with Crippen molar-refractivity contribution in [1.29, 1.82) is 0 Å². The van der Waals surface area contributed by atoms with Crippen molar-refractivity contribution < 1.29 is 9.90 Å². The van der Waals surface area contributed by atoms with Crippen LogP contribution in [0.25, 0.3) is 10.9 Å². The molecule has 0 bridgehead atoms. The van der Waals surface area contributed by atoms with E-state index in [1.54, 1.807) is 6.07 Å². The lowest BCUT2D eigenvalue weighted by Gasteiger charge is -2.16. The molecule has 1 atom stereocenters. The van der Waals surface area contributed by atoms with Crippen LogP contribution in [-0.4, -0.2) is 22.1 Å². The Balaban J connectivity index is 2.17. The van der Waals surface area contributed by atoms with Gasteiger partial charge in [-0.3, -0.25) is 9.59 Å². The summed E-state index contributed by atoms with van der Waals surface area (Å²) in [7, 11) is 0. The molecule has 112 valence electrons. The molecule has 0 aliphatic heterocycles. The highest BCUT2D eigenvalue weighted by atomic mass is 16.4. The average Bonchev–Trinajstić information content (AvgIpc) is 2.42. The maximum atomic E-state index is 12.0. The van der Waals surface area contributed by atoms with Gasteiger partial charge in [-0.05, 0) is 29.9 Å². The molecule has 0 amide bonds.